The Balaban J connectivity index is 0.862. The van der Waals surface area contributed by atoms with Gasteiger partial charge in [-0.05, 0) is 77.9 Å². The first-order valence-corrected chi connectivity index (χ1v) is 31.4. The van der Waals surface area contributed by atoms with E-state index in [0.717, 1.165) is 154 Å². The monoisotopic (exact) mass is 1200 g/mol. The molecule has 0 aliphatic carbocycles. The van der Waals surface area contributed by atoms with Crippen molar-refractivity contribution in [3.63, 3.8) is 0 Å². The molecule has 0 bridgehead atoms. The fourth-order valence-corrected chi connectivity index (χ4v) is 13.9. The summed E-state index contributed by atoms with van der Waals surface area (Å²) < 4.78 is 18.5. The Morgan fingerprint density at radius 3 is 0.915 bits per heavy atom. The largest absolute Gasteiger partial charge is 0.455 e. The van der Waals surface area contributed by atoms with E-state index in [1.54, 1.807) is 0 Å². The number of hydrogen-bond donors (Lipinski definition) is 0. The quantitative estimate of drug-likeness (QED) is 0.133. The minimum Gasteiger partial charge on any atom is -0.455 e. The summed E-state index contributed by atoms with van der Waals surface area (Å²) in [5, 5.41) is 8.50. The lowest BCUT2D eigenvalue weighted by molar-refractivity contribution is 0.672. The maximum Gasteiger partial charge on any atom is 0.164 e. The zero-order valence-electron chi connectivity index (χ0n) is 50.3. The summed E-state index contributed by atoms with van der Waals surface area (Å²) >= 11 is 0. The number of benzene rings is 13. The topological polar surface area (TPSA) is 113 Å². The van der Waals surface area contributed by atoms with Gasteiger partial charge < -0.3 is 18.0 Å². The highest BCUT2D eigenvalue weighted by molar-refractivity contribution is 6.25. The van der Waals surface area contributed by atoms with Crippen molar-refractivity contribution in [2.75, 3.05) is 0 Å². The molecule has 0 aliphatic rings. The van der Waals surface area contributed by atoms with E-state index in [1.807, 2.05) is 146 Å². The average molecular weight is 1200 g/mol. The molecule has 10 nitrogen and oxygen atoms in total. The average Bonchev–Trinajstić information content (AvgIpc) is 1.56. The Kier molecular flexibility index (Phi) is 12.0. The molecule has 0 spiro atoms. The minimum atomic E-state index is 0.551. The van der Waals surface area contributed by atoms with Crippen molar-refractivity contribution in [1.82, 2.24) is 39.0 Å². The van der Waals surface area contributed by atoms with Gasteiger partial charge in [0.05, 0.1) is 44.2 Å². The summed E-state index contributed by atoms with van der Waals surface area (Å²) in [6.07, 6.45) is 0. The first kappa shape index (κ1) is 53.0. The van der Waals surface area contributed by atoms with Crippen LogP contribution in [0.2, 0.25) is 0 Å². The molecule has 0 saturated heterocycles. The van der Waals surface area contributed by atoms with Gasteiger partial charge in [-0.3, -0.25) is 0 Å². The van der Waals surface area contributed by atoms with Gasteiger partial charge in [0, 0.05) is 76.8 Å². The molecule has 0 saturated carbocycles. The van der Waals surface area contributed by atoms with Crippen molar-refractivity contribution in [2.24, 2.45) is 0 Å². The number of fused-ring (bicyclic) bond motifs is 14. The van der Waals surface area contributed by atoms with Crippen molar-refractivity contribution in [3.05, 3.63) is 303 Å². The Bertz CT molecular complexity index is 5740. The number of aromatic nitrogens is 8. The molecular weight excluding hydrogens is 1150 g/mol. The number of para-hydroxylation sites is 4. The molecule has 0 amide bonds. The van der Waals surface area contributed by atoms with Crippen LogP contribution in [0.4, 0.5) is 0 Å². The summed E-state index contributed by atoms with van der Waals surface area (Å²) in [6, 6.07) is 105. The van der Waals surface area contributed by atoms with Crippen LogP contribution in [0.3, 0.4) is 0 Å². The van der Waals surface area contributed by atoms with Crippen LogP contribution in [0, 0.1) is 0 Å². The standard InChI is InChI=1S/C84H50N8O2/c1-5-22-51(23-6-1)79-85-80(52-24-7-2-8-25-52)88-83(87-79)57-40-42-59(71(49-57)91-67-36-17-13-34-65(67)75-69(91)46-44-63-61-32-15-19-38-73(61)93-77(63)75)55-30-21-31-56(48-55)60-43-41-58(84-89-81(53-26-9-3-10-27-53)86-82(90-84)54-28-11-4-12-29-54)50-72(60)92-68-37-18-14-35-66(68)76-70(92)47-45-64-62-33-16-20-39-74(62)94-78(64)76/h1-50H. The highest BCUT2D eigenvalue weighted by Crippen LogP contribution is 2.47. The minimum absolute atomic E-state index is 0.551. The third kappa shape index (κ3) is 8.58. The summed E-state index contributed by atoms with van der Waals surface area (Å²) in [4.78, 5) is 31.3. The van der Waals surface area contributed by atoms with E-state index in [4.69, 9.17) is 38.7 Å². The summed E-state index contributed by atoms with van der Waals surface area (Å²) in [6.45, 7) is 0. The van der Waals surface area contributed by atoms with Crippen molar-refractivity contribution in [1.29, 1.82) is 0 Å². The fourth-order valence-electron chi connectivity index (χ4n) is 13.9. The molecular formula is C84H50N8O2. The lowest BCUT2D eigenvalue weighted by atomic mass is 9.95. The van der Waals surface area contributed by atoms with Crippen LogP contribution in [0.15, 0.2) is 312 Å². The molecule has 94 heavy (non-hydrogen) atoms. The zero-order chi connectivity index (χ0) is 61.8. The number of furan rings is 2. The van der Waals surface area contributed by atoms with E-state index in [9.17, 15) is 0 Å². The van der Waals surface area contributed by atoms with E-state index in [0.29, 0.717) is 34.9 Å². The van der Waals surface area contributed by atoms with Gasteiger partial charge in [0.1, 0.15) is 22.3 Å². The van der Waals surface area contributed by atoms with Crippen LogP contribution < -0.4 is 0 Å². The van der Waals surface area contributed by atoms with Gasteiger partial charge in [0.2, 0.25) is 0 Å². The SMILES string of the molecule is c1ccc(-c2nc(-c3ccccc3)nc(-c3ccc(-c4cccc(-c5ccc(-c6nc(-c7ccccc7)nc(-c7ccccc7)n6)cc5-n5c6ccccc6c6c7oc8ccccc8c7ccc65)c4)c(-n4c5ccccc5c5c6oc7ccccc7c6ccc54)c3)n2)cc1. The second-order valence-corrected chi connectivity index (χ2v) is 23.7. The van der Waals surface area contributed by atoms with Gasteiger partial charge in [0.15, 0.2) is 34.9 Å². The zero-order valence-corrected chi connectivity index (χ0v) is 50.3. The van der Waals surface area contributed by atoms with Crippen molar-refractivity contribution in [2.45, 2.75) is 0 Å². The van der Waals surface area contributed by atoms with E-state index in [1.165, 1.54) is 0 Å². The Morgan fingerprint density at radius 2 is 0.532 bits per heavy atom. The van der Waals surface area contributed by atoms with Crippen LogP contribution in [0.1, 0.15) is 0 Å². The van der Waals surface area contributed by atoms with E-state index in [2.05, 4.69) is 167 Å². The van der Waals surface area contributed by atoms with Gasteiger partial charge >= 0.3 is 0 Å². The fraction of sp³-hybridized carbons (Fsp3) is 0. The van der Waals surface area contributed by atoms with Gasteiger partial charge in [-0.25, -0.2) is 29.9 Å². The molecule has 0 atom stereocenters. The molecule has 10 heteroatoms. The van der Waals surface area contributed by atoms with Crippen molar-refractivity contribution in [3.8, 4) is 102 Å². The van der Waals surface area contributed by atoms with Crippen LogP contribution >= 0.6 is 0 Å². The Morgan fingerprint density at radius 1 is 0.213 bits per heavy atom. The lowest BCUT2D eigenvalue weighted by Crippen LogP contribution is -2.03. The molecule has 6 aromatic heterocycles. The molecule has 19 aromatic rings. The van der Waals surface area contributed by atoms with Crippen LogP contribution in [-0.4, -0.2) is 39.0 Å². The van der Waals surface area contributed by atoms with Crippen LogP contribution in [0.5, 0.6) is 0 Å². The van der Waals surface area contributed by atoms with Gasteiger partial charge in [0.25, 0.3) is 0 Å². The molecule has 0 unspecified atom stereocenters. The molecule has 438 valence electrons. The predicted octanol–water partition coefficient (Wildman–Crippen LogP) is 21.4. The second kappa shape index (κ2) is 21.4. The highest BCUT2D eigenvalue weighted by Gasteiger charge is 2.26. The first-order chi connectivity index (χ1) is 46.6. The van der Waals surface area contributed by atoms with Gasteiger partial charge in [-0.15, -0.1) is 0 Å². The van der Waals surface area contributed by atoms with Crippen LogP contribution in [-0.2, 0) is 0 Å². The highest BCUT2D eigenvalue weighted by atomic mass is 16.3. The van der Waals surface area contributed by atoms with Crippen molar-refractivity contribution >= 4 is 87.5 Å². The first-order valence-electron chi connectivity index (χ1n) is 31.4. The lowest BCUT2D eigenvalue weighted by Gasteiger charge is -2.19. The normalized spacial score (nSPS) is 11.8. The van der Waals surface area contributed by atoms with Gasteiger partial charge in [-0.1, -0.05) is 237 Å². The maximum absolute atomic E-state index is 6.87. The third-order valence-corrected chi connectivity index (χ3v) is 18.2. The van der Waals surface area contributed by atoms with E-state index >= 15 is 0 Å². The smallest absolute Gasteiger partial charge is 0.164 e. The van der Waals surface area contributed by atoms with E-state index in [-0.39, 0.29) is 0 Å². The van der Waals surface area contributed by atoms with E-state index < -0.39 is 0 Å². The van der Waals surface area contributed by atoms with Gasteiger partial charge in [-0.2, -0.15) is 0 Å². The number of nitrogens with zero attached hydrogens (tertiary/aromatic N) is 8. The molecule has 0 radical (unpaired) electrons. The Hall–Kier alpha value is -12.9. The maximum atomic E-state index is 6.87. The Labute approximate surface area is 537 Å². The molecule has 0 fully saturated rings. The summed E-state index contributed by atoms with van der Waals surface area (Å²) in [5.41, 5.74) is 18.5. The molecule has 6 heterocycles. The summed E-state index contributed by atoms with van der Waals surface area (Å²) in [7, 11) is 0. The molecule has 13 aromatic carbocycles. The third-order valence-electron chi connectivity index (χ3n) is 18.2. The number of rotatable bonds is 10. The predicted molar refractivity (Wildman–Crippen MR) is 380 cm³/mol. The molecule has 0 aliphatic heterocycles. The van der Waals surface area contributed by atoms with Crippen molar-refractivity contribution < 1.29 is 8.83 Å². The molecule has 19 rings (SSSR count). The molecule has 0 N–H and O–H groups in total. The summed E-state index contributed by atoms with van der Waals surface area (Å²) in [5.74, 6) is 3.45. The second-order valence-electron chi connectivity index (χ2n) is 23.7. The van der Waals surface area contributed by atoms with Crippen LogP contribution in [0.25, 0.3) is 189 Å². The number of hydrogen-bond acceptors (Lipinski definition) is 8.